The number of sulfone groups is 1. The largest absolute Gasteiger partial charge is 0.356 e. The van der Waals surface area contributed by atoms with Crippen molar-refractivity contribution < 1.29 is 22.0 Å². The summed E-state index contributed by atoms with van der Waals surface area (Å²) in [4.78, 5) is 11.3. The molecule has 1 aromatic rings. The van der Waals surface area contributed by atoms with Crippen molar-refractivity contribution in [2.75, 3.05) is 12.3 Å². The van der Waals surface area contributed by atoms with Gasteiger partial charge in [-0.05, 0) is 26.0 Å². The summed E-state index contributed by atoms with van der Waals surface area (Å²) in [7, 11) is -3.97. The van der Waals surface area contributed by atoms with E-state index in [0.29, 0.717) is 0 Å². The summed E-state index contributed by atoms with van der Waals surface area (Å²) in [6.45, 7) is 3.09. The normalized spacial score (nSPS) is 13.1. The summed E-state index contributed by atoms with van der Waals surface area (Å²) in [6.07, 6.45) is 0. The molecule has 1 unspecified atom stereocenters. The van der Waals surface area contributed by atoms with Crippen LogP contribution in [-0.4, -0.2) is 26.6 Å². The van der Waals surface area contributed by atoms with E-state index in [1.54, 1.807) is 6.92 Å². The van der Waals surface area contributed by atoms with Crippen molar-refractivity contribution in [1.29, 1.82) is 0 Å². The van der Waals surface area contributed by atoms with Crippen molar-refractivity contribution >= 4 is 15.7 Å². The summed E-state index contributed by atoms with van der Waals surface area (Å²) in [5.41, 5.74) is -0.535. The number of nitrogens with one attached hydrogen (secondary N) is 1. The van der Waals surface area contributed by atoms with Crippen LogP contribution in [0.3, 0.4) is 0 Å². The van der Waals surface area contributed by atoms with Gasteiger partial charge in [0, 0.05) is 12.1 Å². The average molecular weight is 291 g/mol. The SMILES string of the molecule is CCNC(=O)CS(=O)(=O)C(C)c1c(F)cccc1F. The van der Waals surface area contributed by atoms with Crippen LogP contribution in [0, 0.1) is 11.6 Å². The fourth-order valence-corrected chi connectivity index (χ4v) is 2.94. The Balaban J connectivity index is 3.05. The predicted molar refractivity (Wildman–Crippen MR) is 67.2 cm³/mol. The van der Waals surface area contributed by atoms with Crippen LogP contribution in [0.25, 0.3) is 0 Å². The number of rotatable bonds is 5. The molecule has 1 N–H and O–H groups in total. The molecule has 0 bridgehead atoms. The van der Waals surface area contributed by atoms with Gasteiger partial charge in [0.1, 0.15) is 17.4 Å². The highest BCUT2D eigenvalue weighted by molar-refractivity contribution is 7.92. The smallest absolute Gasteiger partial charge is 0.235 e. The Labute approximate surface area is 110 Å². The molecule has 19 heavy (non-hydrogen) atoms. The lowest BCUT2D eigenvalue weighted by Crippen LogP contribution is -2.32. The molecule has 0 aliphatic heterocycles. The second-order valence-electron chi connectivity index (χ2n) is 4.04. The fraction of sp³-hybridized carbons (Fsp3) is 0.417. The number of halogens is 2. The van der Waals surface area contributed by atoms with Gasteiger partial charge >= 0.3 is 0 Å². The number of carbonyl (C=O) groups excluding carboxylic acids is 1. The standard InChI is InChI=1S/C12H15F2NO3S/c1-3-15-11(16)7-19(17,18)8(2)12-9(13)5-4-6-10(12)14/h4-6,8H,3,7H2,1-2H3,(H,15,16). The molecule has 0 heterocycles. The van der Waals surface area contributed by atoms with Gasteiger partial charge in [0.2, 0.25) is 5.91 Å². The Bertz CT molecular complexity index is 552. The molecule has 0 spiro atoms. The summed E-state index contributed by atoms with van der Waals surface area (Å²) in [5, 5.41) is 0.912. The molecule has 0 saturated carbocycles. The molecule has 7 heteroatoms. The molecule has 0 aliphatic carbocycles. The highest BCUT2D eigenvalue weighted by atomic mass is 32.2. The number of hydrogen-bond acceptors (Lipinski definition) is 3. The van der Waals surface area contributed by atoms with E-state index >= 15 is 0 Å². The number of benzene rings is 1. The maximum Gasteiger partial charge on any atom is 0.235 e. The summed E-state index contributed by atoms with van der Waals surface area (Å²) in [6, 6.07) is 3.12. The molecule has 1 rings (SSSR count). The van der Waals surface area contributed by atoms with E-state index in [-0.39, 0.29) is 6.54 Å². The molecule has 0 saturated heterocycles. The molecule has 0 aliphatic rings. The van der Waals surface area contributed by atoms with E-state index in [0.717, 1.165) is 25.1 Å². The lowest BCUT2D eigenvalue weighted by molar-refractivity contribution is -0.118. The lowest BCUT2D eigenvalue weighted by atomic mass is 10.1. The van der Waals surface area contributed by atoms with Crippen molar-refractivity contribution in [3.63, 3.8) is 0 Å². The summed E-state index contributed by atoms with van der Waals surface area (Å²) in [5.74, 6) is -3.36. The molecule has 4 nitrogen and oxygen atoms in total. The Morgan fingerprint density at radius 1 is 1.32 bits per heavy atom. The molecular weight excluding hydrogens is 276 g/mol. The van der Waals surface area contributed by atoms with Crippen LogP contribution in [0.5, 0.6) is 0 Å². The molecule has 1 amide bonds. The second kappa shape index (κ2) is 6.10. The highest BCUT2D eigenvalue weighted by Gasteiger charge is 2.29. The van der Waals surface area contributed by atoms with Gasteiger partial charge in [0.15, 0.2) is 9.84 Å². The molecular formula is C12H15F2NO3S. The highest BCUT2D eigenvalue weighted by Crippen LogP contribution is 2.27. The van der Waals surface area contributed by atoms with Crippen molar-refractivity contribution in [3.8, 4) is 0 Å². The van der Waals surface area contributed by atoms with E-state index in [9.17, 15) is 22.0 Å². The monoisotopic (exact) mass is 291 g/mol. The van der Waals surface area contributed by atoms with Crippen molar-refractivity contribution in [3.05, 3.63) is 35.4 Å². The van der Waals surface area contributed by atoms with E-state index in [1.807, 2.05) is 0 Å². The van der Waals surface area contributed by atoms with Crippen molar-refractivity contribution in [1.82, 2.24) is 5.32 Å². The molecule has 0 fully saturated rings. The van der Waals surface area contributed by atoms with Gasteiger partial charge in [-0.2, -0.15) is 0 Å². The quantitative estimate of drug-likeness (QED) is 0.896. The first-order valence-electron chi connectivity index (χ1n) is 5.71. The van der Waals surface area contributed by atoms with Crippen LogP contribution in [-0.2, 0) is 14.6 Å². The van der Waals surface area contributed by atoms with Crippen LogP contribution in [0.4, 0.5) is 8.78 Å². The first kappa shape index (κ1) is 15.6. The van der Waals surface area contributed by atoms with Crippen molar-refractivity contribution in [2.24, 2.45) is 0 Å². The topological polar surface area (TPSA) is 63.2 Å². The van der Waals surface area contributed by atoms with Gasteiger partial charge in [-0.15, -0.1) is 0 Å². The predicted octanol–water partition coefficient (Wildman–Crippen LogP) is 1.58. The van der Waals surface area contributed by atoms with Gasteiger partial charge in [-0.3, -0.25) is 4.79 Å². The molecule has 0 aromatic heterocycles. The first-order valence-corrected chi connectivity index (χ1v) is 7.43. The molecule has 1 atom stereocenters. The van der Waals surface area contributed by atoms with Gasteiger partial charge in [-0.25, -0.2) is 17.2 Å². The third-order valence-corrected chi connectivity index (χ3v) is 4.63. The van der Waals surface area contributed by atoms with E-state index in [4.69, 9.17) is 0 Å². The van der Waals surface area contributed by atoms with Crippen LogP contribution >= 0.6 is 0 Å². The molecule has 0 radical (unpaired) electrons. The lowest BCUT2D eigenvalue weighted by Gasteiger charge is -2.14. The van der Waals surface area contributed by atoms with E-state index < -0.39 is 43.9 Å². The average Bonchev–Trinajstić information content (AvgIpc) is 2.27. The third kappa shape index (κ3) is 3.73. The Morgan fingerprint density at radius 2 is 1.84 bits per heavy atom. The Hall–Kier alpha value is -1.50. The summed E-state index contributed by atoms with van der Waals surface area (Å²) < 4.78 is 50.9. The summed E-state index contributed by atoms with van der Waals surface area (Å²) >= 11 is 0. The van der Waals surface area contributed by atoms with Gasteiger partial charge in [0.05, 0.1) is 5.25 Å². The maximum atomic E-state index is 13.5. The van der Waals surface area contributed by atoms with Crippen molar-refractivity contribution in [2.45, 2.75) is 19.1 Å². The molecule has 106 valence electrons. The van der Waals surface area contributed by atoms with Crippen LogP contribution in [0.15, 0.2) is 18.2 Å². The maximum absolute atomic E-state index is 13.5. The number of amides is 1. The van der Waals surface area contributed by atoms with Gasteiger partial charge < -0.3 is 5.32 Å². The molecule has 1 aromatic carbocycles. The third-order valence-electron chi connectivity index (χ3n) is 2.65. The first-order chi connectivity index (χ1) is 8.79. The minimum absolute atomic E-state index is 0.288. The zero-order valence-electron chi connectivity index (χ0n) is 10.6. The van der Waals surface area contributed by atoms with E-state index in [1.165, 1.54) is 0 Å². The second-order valence-corrected chi connectivity index (χ2v) is 6.36. The minimum Gasteiger partial charge on any atom is -0.356 e. The van der Waals surface area contributed by atoms with Gasteiger partial charge in [0.25, 0.3) is 0 Å². The zero-order valence-corrected chi connectivity index (χ0v) is 11.4. The van der Waals surface area contributed by atoms with E-state index in [2.05, 4.69) is 5.32 Å². The van der Waals surface area contributed by atoms with Crippen LogP contribution < -0.4 is 5.32 Å². The Morgan fingerprint density at radius 3 is 2.32 bits per heavy atom. The van der Waals surface area contributed by atoms with Crippen LogP contribution in [0.1, 0.15) is 24.7 Å². The van der Waals surface area contributed by atoms with Gasteiger partial charge in [-0.1, -0.05) is 6.07 Å². The Kier molecular flexibility index (Phi) is 4.99. The van der Waals surface area contributed by atoms with Crippen LogP contribution in [0.2, 0.25) is 0 Å². The number of carbonyl (C=O) groups is 1. The number of hydrogen-bond donors (Lipinski definition) is 1. The zero-order chi connectivity index (χ0) is 14.6. The fourth-order valence-electron chi connectivity index (χ4n) is 1.63. The minimum atomic E-state index is -3.97.